The van der Waals surface area contributed by atoms with Crippen molar-refractivity contribution >= 4 is 34.5 Å². The Morgan fingerprint density at radius 1 is 0.875 bits per heavy atom. The summed E-state index contributed by atoms with van der Waals surface area (Å²) in [6.07, 6.45) is 8.07. The summed E-state index contributed by atoms with van der Waals surface area (Å²) in [6, 6.07) is 0. The average Bonchev–Trinajstić information content (AvgIpc) is 3.30. The molecule has 4 aliphatic rings. The zero-order chi connectivity index (χ0) is 22.3. The number of rotatable bonds is 8. The van der Waals surface area contributed by atoms with Gasteiger partial charge in [0.2, 0.25) is 11.8 Å². The summed E-state index contributed by atoms with van der Waals surface area (Å²) in [5.74, 6) is 1.61. The number of carbonyl (C=O) groups excluding carboxylic acids is 2. The van der Waals surface area contributed by atoms with Crippen LogP contribution in [0.25, 0.3) is 0 Å². The van der Waals surface area contributed by atoms with Crippen LogP contribution in [-0.2, 0) is 22.7 Å². The van der Waals surface area contributed by atoms with Crippen LogP contribution in [0.4, 0.5) is 0 Å². The van der Waals surface area contributed by atoms with E-state index in [1.807, 2.05) is 24.6 Å². The van der Waals surface area contributed by atoms with Crippen molar-refractivity contribution in [1.29, 1.82) is 0 Å². The predicted octanol–water partition coefficient (Wildman–Crippen LogP) is 4.52. The smallest absolute Gasteiger partial charge is 0.220 e. The molecule has 0 radical (unpaired) electrons. The predicted molar refractivity (Wildman–Crippen MR) is 126 cm³/mol. The van der Waals surface area contributed by atoms with Crippen LogP contribution in [-0.4, -0.2) is 21.8 Å². The van der Waals surface area contributed by atoms with E-state index in [1.165, 1.54) is 6.42 Å². The standard InChI is InChI=1S/C24H32N4O2S2/c1-15-12-31-21(27-15)10-25-19(29)8-23-4-17-3-18(5-23)7-24(6-17,14-23)9-20(30)26-11-22-28-16(2)13-32-22/h12-13,17-18H,3-11,14H2,1-2H3,(H,25,29)(H,26,30). The summed E-state index contributed by atoms with van der Waals surface area (Å²) >= 11 is 3.20. The van der Waals surface area contributed by atoms with Crippen molar-refractivity contribution in [2.24, 2.45) is 22.7 Å². The number of aryl methyl sites for hydroxylation is 2. The summed E-state index contributed by atoms with van der Waals surface area (Å²) in [6.45, 7) is 4.99. The van der Waals surface area contributed by atoms with Gasteiger partial charge in [0.1, 0.15) is 10.0 Å². The van der Waals surface area contributed by atoms with Gasteiger partial charge in [-0.3, -0.25) is 9.59 Å². The molecule has 2 aromatic heterocycles. The molecule has 0 atom stereocenters. The number of amides is 2. The lowest BCUT2D eigenvalue weighted by Gasteiger charge is -2.62. The van der Waals surface area contributed by atoms with Crippen molar-refractivity contribution in [3.05, 3.63) is 32.2 Å². The lowest BCUT2D eigenvalue weighted by atomic mass is 9.43. The summed E-state index contributed by atoms with van der Waals surface area (Å²) in [7, 11) is 0. The van der Waals surface area contributed by atoms with Crippen LogP contribution in [0.5, 0.6) is 0 Å². The minimum atomic E-state index is 0.0691. The number of hydrogen-bond donors (Lipinski definition) is 2. The fourth-order valence-corrected chi connectivity index (χ4v) is 8.61. The zero-order valence-corrected chi connectivity index (χ0v) is 20.5. The van der Waals surface area contributed by atoms with E-state index in [9.17, 15) is 9.59 Å². The highest BCUT2D eigenvalue weighted by Gasteiger charge is 2.58. The van der Waals surface area contributed by atoms with Crippen LogP contribution < -0.4 is 10.6 Å². The first-order valence-corrected chi connectivity index (χ1v) is 13.4. The van der Waals surface area contributed by atoms with Gasteiger partial charge in [0.15, 0.2) is 0 Å². The van der Waals surface area contributed by atoms with Crippen LogP contribution in [0.1, 0.15) is 72.8 Å². The molecule has 6 nitrogen and oxygen atoms in total. The summed E-state index contributed by atoms with van der Waals surface area (Å²) < 4.78 is 0. The zero-order valence-electron chi connectivity index (χ0n) is 18.9. The van der Waals surface area contributed by atoms with Crippen LogP contribution in [0.2, 0.25) is 0 Å². The van der Waals surface area contributed by atoms with Crippen molar-refractivity contribution in [2.45, 2.75) is 78.3 Å². The molecule has 2 heterocycles. The minimum absolute atomic E-state index is 0.0691. The van der Waals surface area contributed by atoms with Crippen LogP contribution in [0.3, 0.4) is 0 Å². The molecule has 4 aliphatic carbocycles. The highest BCUT2D eigenvalue weighted by atomic mass is 32.1. The monoisotopic (exact) mass is 472 g/mol. The molecule has 0 saturated heterocycles. The number of nitrogens with zero attached hydrogens (tertiary/aromatic N) is 2. The maximum Gasteiger partial charge on any atom is 0.220 e. The molecule has 32 heavy (non-hydrogen) atoms. The Labute approximate surface area is 197 Å². The molecule has 2 aromatic rings. The van der Waals surface area contributed by atoms with Crippen molar-refractivity contribution in [3.8, 4) is 0 Å². The second-order valence-electron chi connectivity index (χ2n) is 10.6. The Morgan fingerprint density at radius 3 is 1.69 bits per heavy atom. The molecular weight excluding hydrogens is 440 g/mol. The van der Waals surface area contributed by atoms with Gasteiger partial charge < -0.3 is 10.6 Å². The fraction of sp³-hybridized carbons (Fsp3) is 0.667. The third-order valence-corrected chi connectivity index (χ3v) is 9.51. The molecule has 4 fully saturated rings. The van der Waals surface area contributed by atoms with E-state index in [-0.39, 0.29) is 22.6 Å². The van der Waals surface area contributed by atoms with Gasteiger partial charge in [0.05, 0.1) is 13.1 Å². The molecule has 0 aromatic carbocycles. The third-order valence-electron chi connectivity index (χ3n) is 7.58. The first kappa shape index (κ1) is 22.0. The molecule has 2 N–H and O–H groups in total. The number of nitrogens with one attached hydrogen (secondary N) is 2. The van der Waals surface area contributed by atoms with E-state index >= 15 is 0 Å². The van der Waals surface area contributed by atoms with Gasteiger partial charge in [-0.25, -0.2) is 9.97 Å². The maximum atomic E-state index is 12.9. The number of hydrogen-bond acceptors (Lipinski definition) is 6. The molecule has 0 spiro atoms. The number of thiazole rings is 2. The fourth-order valence-electron chi connectivity index (χ4n) is 7.19. The van der Waals surface area contributed by atoms with E-state index in [0.29, 0.717) is 37.8 Å². The molecule has 0 unspecified atom stereocenters. The van der Waals surface area contributed by atoms with E-state index in [4.69, 9.17) is 0 Å². The van der Waals surface area contributed by atoms with Crippen LogP contribution in [0, 0.1) is 36.5 Å². The Bertz CT molecular complexity index is 923. The van der Waals surface area contributed by atoms with E-state index in [0.717, 1.165) is 53.5 Å². The van der Waals surface area contributed by atoms with E-state index in [2.05, 4.69) is 20.6 Å². The topological polar surface area (TPSA) is 84.0 Å². The SMILES string of the molecule is Cc1csc(CNC(=O)CC23CC4CC(C2)CC(CC(=O)NCc2nc(C)cs2)(C4)C3)n1. The summed E-state index contributed by atoms with van der Waals surface area (Å²) in [4.78, 5) is 34.7. The Kier molecular flexibility index (Phi) is 5.86. The van der Waals surface area contributed by atoms with Crippen molar-refractivity contribution in [2.75, 3.05) is 0 Å². The highest BCUT2D eigenvalue weighted by Crippen LogP contribution is 2.67. The molecule has 6 rings (SSSR count). The second-order valence-corrected chi connectivity index (χ2v) is 12.5. The van der Waals surface area contributed by atoms with Crippen molar-refractivity contribution in [3.63, 3.8) is 0 Å². The first-order valence-electron chi connectivity index (χ1n) is 11.7. The van der Waals surface area contributed by atoms with Crippen LogP contribution >= 0.6 is 22.7 Å². The van der Waals surface area contributed by atoms with E-state index < -0.39 is 0 Å². The Hall–Kier alpha value is -1.80. The molecule has 0 aliphatic heterocycles. The normalized spacial score (nSPS) is 30.4. The molecule has 4 saturated carbocycles. The summed E-state index contributed by atoms with van der Waals surface area (Å²) in [5.41, 5.74) is 2.15. The highest BCUT2D eigenvalue weighted by molar-refractivity contribution is 7.09. The lowest BCUT2D eigenvalue weighted by molar-refractivity contribution is -0.146. The second kappa shape index (κ2) is 8.52. The first-order chi connectivity index (χ1) is 15.3. The van der Waals surface area contributed by atoms with Crippen molar-refractivity contribution < 1.29 is 9.59 Å². The molecular formula is C24H32N4O2S2. The third kappa shape index (κ3) is 4.76. The van der Waals surface area contributed by atoms with Gasteiger partial charge >= 0.3 is 0 Å². The molecule has 2 amide bonds. The van der Waals surface area contributed by atoms with Gasteiger partial charge in [-0.1, -0.05) is 0 Å². The number of carbonyl (C=O) groups is 2. The van der Waals surface area contributed by atoms with Crippen molar-refractivity contribution in [1.82, 2.24) is 20.6 Å². The molecule has 172 valence electrons. The van der Waals surface area contributed by atoms with Crippen LogP contribution in [0.15, 0.2) is 10.8 Å². The summed E-state index contributed by atoms with van der Waals surface area (Å²) in [5, 5.41) is 12.2. The largest absolute Gasteiger partial charge is 0.350 e. The Morgan fingerprint density at radius 2 is 1.31 bits per heavy atom. The average molecular weight is 473 g/mol. The van der Waals surface area contributed by atoms with E-state index in [1.54, 1.807) is 22.7 Å². The van der Waals surface area contributed by atoms with Gasteiger partial charge in [-0.2, -0.15) is 0 Å². The molecule has 8 heteroatoms. The van der Waals surface area contributed by atoms with Gasteiger partial charge in [0, 0.05) is 35.0 Å². The lowest BCUT2D eigenvalue weighted by Crippen LogP contribution is -2.54. The number of aromatic nitrogens is 2. The quantitative estimate of drug-likeness (QED) is 0.592. The van der Waals surface area contributed by atoms with Gasteiger partial charge in [-0.15, -0.1) is 22.7 Å². The van der Waals surface area contributed by atoms with Gasteiger partial charge in [-0.05, 0) is 75.0 Å². The molecule has 4 bridgehead atoms. The maximum absolute atomic E-state index is 12.9. The Balaban J connectivity index is 1.20. The van der Waals surface area contributed by atoms with Gasteiger partial charge in [0.25, 0.3) is 0 Å². The minimum Gasteiger partial charge on any atom is -0.350 e.